The van der Waals surface area contributed by atoms with E-state index < -0.39 is 5.60 Å². The predicted molar refractivity (Wildman–Crippen MR) is 75.5 cm³/mol. The molecule has 1 saturated carbocycles. The lowest BCUT2D eigenvalue weighted by molar-refractivity contribution is -0.166. The predicted octanol–water partition coefficient (Wildman–Crippen LogP) is 1.46. The number of rotatable bonds is 1. The minimum Gasteiger partial charge on any atom is -0.447 e. The molecule has 1 aromatic heterocycles. The van der Waals surface area contributed by atoms with E-state index in [1.807, 2.05) is 18.7 Å². The number of hydrogen-bond donors (Lipinski definition) is 0. The van der Waals surface area contributed by atoms with E-state index in [-0.39, 0.29) is 11.5 Å². The number of imidazole rings is 1. The van der Waals surface area contributed by atoms with Gasteiger partial charge in [-0.3, -0.25) is 4.90 Å². The summed E-state index contributed by atoms with van der Waals surface area (Å²) >= 11 is 0. The average Bonchev–Trinajstić information content (AvgIpc) is 3.13. The van der Waals surface area contributed by atoms with Gasteiger partial charge >= 0.3 is 5.97 Å². The highest BCUT2D eigenvalue weighted by Crippen LogP contribution is 2.67. The first-order valence-corrected chi connectivity index (χ1v) is 7.88. The molecule has 2 saturated heterocycles. The molecule has 3 fully saturated rings. The number of carbonyl (C=O) groups is 1. The zero-order valence-electron chi connectivity index (χ0n) is 12.2. The van der Waals surface area contributed by atoms with Crippen molar-refractivity contribution < 1.29 is 9.53 Å². The minimum atomic E-state index is -0.440. The van der Waals surface area contributed by atoms with Gasteiger partial charge in [0.2, 0.25) is 0 Å². The van der Waals surface area contributed by atoms with E-state index in [1.165, 1.54) is 18.4 Å². The van der Waals surface area contributed by atoms with Gasteiger partial charge in [-0.25, -0.2) is 9.78 Å². The van der Waals surface area contributed by atoms with E-state index in [4.69, 9.17) is 4.74 Å². The molecule has 0 radical (unpaired) electrons. The average molecular weight is 285 g/mol. The summed E-state index contributed by atoms with van der Waals surface area (Å²) in [5.41, 5.74) is 0.587. The van der Waals surface area contributed by atoms with Crippen LogP contribution in [0.1, 0.15) is 32.6 Å². The first-order valence-electron chi connectivity index (χ1n) is 7.88. The summed E-state index contributed by atoms with van der Waals surface area (Å²) < 4.78 is 8.22. The summed E-state index contributed by atoms with van der Waals surface area (Å²) in [5, 5.41) is 0. The number of aromatic nitrogens is 2. The maximum atomic E-state index is 12.0. The van der Waals surface area contributed by atoms with Crippen LogP contribution >= 0.6 is 0 Å². The second-order valence-corrected chi connectivity index (χ2v) is 6.82. The SMILES string of the molecule is C[C@@H]1N2CCCC[C@@H]2[C@@]23OC(=O)C=C2CC13n1ccnc1. The van der Waals surface area contributed by atoms with Gasteiger partial charge in [0, 0.05) is 30.9 Å². The van der Waals surface area contributed by atoms with Crippen molar-refractivity contribution in [3.63, 3.8) is 0 Å². The van der Waals surface area contributed by atoms with Crippen LogP contribution in [0.3, 0.4) is 0 Å². The van der Waals surface area contributed by atoms with Gasteiger partial charge in [-0.2, -0.15) is 0 Å². The molecule has 5 heteroatoms. The standard InChI is InChI=1S/C16H19N3O2/c1-11-15(18-7-5-17-10-18)9-12-8-14(20)21-16(12,15)13-4-2-3-6-19(11)13/h5,7-8,10-11,13H,2-4,6,9H2,1H3/t11-,13+,15?,16-/m0/s1. The van der Waals surface area contributed by atoms with Crippen LogP contribution < -0.4 is 0 Å². The molecule has 4 aliphatic rings. The smallest absolute Gasteiger partial charge is 0.331 e. The van der Waals surface area contributed by atoms with Gasteiger partial charge < -0.3 is 9.30 Å². The number of carbonyl (C=O) groups excluding carboxylic acids is 1. The maximum absolute atomic E-state index is 12.0. The summed E-state index contributed by atoms with van der Waals surface area (Å²) in [6.45, 7) is 3.39. The quantitative estimate of drug-likeness (QED) is 0.733. The van der Waals surface area contributed by atoms with Crippen LogP contribution in [0.25, 0.3) is 0 Å². The van der Waals surface area contributed by atoms with Crippen LogP contribution in [-0.2, 0) is 15.1 Å². The highest BCUT2D eigenvalue weighted by Gasteiger charge is 2.79. The first-order chi connectivity index (χ1) is 10.2. The zero-order valence-corrected chi connectivity index (χ0v) is 12.2. The Morgan fingerprint density at radius 2 is 2.33 bits per heavy atom. The number of esters is 1. The Labute approximate surface area is 123 Å². The van der Waals surface area contributed by atoms with Crippen LogP contribution in [0.4, 0.5) is 0 Å². The molecule has 1 unspecified atom stereocenters. The van der Waals surface area contributed by atoms with E-state index in [9.17, 15) is 4.79 Å². The molecule has 1 aromatic rings. The van der Waals surface area contributed by atoms with Gasteiger partial charge in [-0.1, -0.05) is 6.42 Å². The molecule has 21 heavy (non-hydrogen) atoms. The van der Waals surface area contributed by atoms with E-state index in [0.29, 0.717) is 12.1 Å². The summed E-state index contributed by atoms with van der Waals surface area (Å²) in [6.07, 6.45) is 12.0. The monoisotopic (exact) mass is 285 g/mol. The van der Waals surface area contributed by atoms with Gasteiger partial charge in [0.25, 0.3) is 0 Å². The Morgan fingerprint density at radius 3 is 3.10 bits per heavy atom. The van der Waals surface area contributed by atoms with Crippen molar-refractivity contribution in [3.05, 3.63) is 30.4 Å². The first kappa shape index (κ1) is 12.0. The van der Waals surface area contributed by atoms with Crippen molar-refractivity contribution in [3.8, 4) is 0 Å². The van der Waals surface area contributed by atoms with Crippen molar-refractivity contribution in [2.24, 2.45) is 0 Å². The summed E-state index contributed by atoms with van der Waals surface area (Å²) in [4.78, 5) is 18.8. The van der Waals surface area contributed by atoms with Crippen LogP contribution in [0.15, 0.2) is 30.4 Å². The summed E-state index contributed by atoms with van der Waals surface area (Å²) in [7, 11) is 0. The van der Waals surface area contributed by atoms with Crippen LogP contribution in [0, 0.1) is 0 Å². The van der Waals surface area contributed by atoms with Gasteiger partial charge in [-0.05, 0) is 31.9 Å². The van der Waals surface area contributed by atoms with Crippen LogP contribution in [0.5, 0.6) is 0 Å². The van der Waals surface area contributed by atoms with Crippen molar-refractivity contribution in [2.45, 2.75) is 55.8 Å². The van der Waals surface area contributed by atoms with Gasteiger partial charge in [0.1, 0.15) is 5.54 Å². The Balaban J connectivity index is 1.74. The fourth-order valence-corrected chi connectivity index (χ4v) is 5.52. The van der Waals surface area contributed by atoms with Crippen molar-refractivity contribution in [2.75, 3.05) is 6.54 Å². The normalized spacial score (nSPS) is 44.4. The molecule has 5 nitrogen and oxygen atoms in total. The molecule has 0 N–H and O–H groups in total. The minimum absolute atomic E-state index is 0.161. The number of piperidine rings is 1. The Bertz CT molecular complexity index is 652. The Hall–Kier alpha value is -1.62. The van der Waals surface area contributed by atoms with Crippen LogP contribution in [-0.4, -0.2) is 44.6 Å². The number of hydrogen-bond acceptors (Lipinski definition) is 4. The van der Waals surface area contributed by atoms with E-state index >= 15 is 0 Å². The second-order valence-electron chi connectivity index (χ2n) is 6.82. The fourth-order valence-electron chi connectivity index (χ4n) is 5.52. The van der Waals surface area contributed by atoms with Crippen LogP contribution in [0.2, 0.25) is 0 Å². The third kappa shape index (κ3) is 1.09. The van der Waals surface area contributed by atoms with Crippen molar-refractivity contribution in [1.82, 2.24) is 14.5 Å². The molecular weight excluding hydrogens is 266 g/mol. The van der Waals surface area contributed by atoms with Crippen molar-refractivity contribution >= 4 is 5.97 Å². The molecule has 0 aromatic carbocycles. The molecule has 1 aliphatic carbocycles. The van der Waals surface area contributed by atoms with E-state index in [0.717, 1.165) is 19.4 Å². The molecule has 3 aliphatic heterocycles. The number of nitrogens with zero attached hydrogens (tertiary/aromatic N) is 3. The molecule has 4 heterocycles. The lowest BCUT2D eigenvalue weighted by atomic mass is 9.56. The number of fused-ring (bicyclic) bond motifs is 1. The maximum Gasteiger partial charge on any atom is 0.331 e. The third-order valence-electron chi connectivity index (χ3n) is 6.30. The topological polar surface area (TPSA) is 47.4 Å². The summed E-state index contributed by atoms with van der Waals surface area (Å²) in [6, 6.07) is 0.690. The van der Waals surface area contributed by atoms with Gasteiger partial charge in [-0.15, -0.1) is 0 Å². The Kier molecular flexibility index (Phi) is 2.04. The number of ether oxygens (including phenoxy) is 1. The van der Waals surface area contributed by atoms with E-state index in [2.05, 4.69) is 21.4 Å². The molecule has 110 valence electrons. The fraction of sp³-hybridized carbons (Fsp3) is 0.625. The third-order valence-corrected chi connectivity index (χ3v) is 6.30. The molecule has 5 rings (SSSR count). The molecular formula is C16H19N3O2. The van der Waals surface area contributed by atoms with Gasteiger partial charge in [0.05, 0.1) is 12.4 Å². The lowest BCUT2D eigenvalue weighted by Crippen LogP contribution is -2.68. The van der Waals surface area contributed by atoms with Gasteiger partial charge in [0.15, 0.2) is 5.60 Å². The highest BCUT2D eigenvalue weighted by atomic mass is 16.6. The van der Waals surface area contributed by atoms with E-state index in [1.54, 1.807) is 6.08 Å². The Morgan fingerprint density at radius 1 is 1.43 bits per heavy atom. The van der Waals surface area contributed by atoms with Crippen molar-refractivity contribution in [1.29, 1.82) is 0 Å². The molecule has 0 amide bonds. The molecule has 4 atom stereocenters. The largest absolute Gasteiger partial charge is 0.447 e. The molecule has 0 bridgehead atoms. The second kappa shape index (κ2) is 3.58. The zero-order chi connectivity index (χ0) is 14.2. The molecule has 1 spiro atoms. The lowest BCUT2D eigenvalue weighted by Gasteiger charge is -2.56. The summed E-state index contributed by atoms with van der Waals surface area (Å²) in [5.74, 6) is -0.161. The highest BCUT2D eigenvalue weighted by molar-refractivity contribution is 5.89.